The van der Waals surface area contributed by atoms with Gasteiger partial charge in [0, 0.05) is 18.8 Å². The summed E-state index contributed by atoms with van der Waals surface area (Å²) >= 11 is 0. The van der Waals surface area contributed by atoms with Gasteiger partial charge in [0.15, 0.2) is 13.2 Å². The maximum absolute atomic E-state index is 11.9. The van der Waals surface area contributed by atoms with Crippen LogP contribution in [-0.4, -0.2) is 49.2 Å². The van der Waals surface area contributed by atoms with Crippen molar-refractivity contribution < 1.29 is 19.1 Å². The number of benzene rings is 1. The molecule has 0 fully saturated rings. The van der Waals surface area contributed by atoms with E-state index >= 15 is 0 Å². The van der Waals surface area contributed by atoms with Crippen molar-refractivity contribution in [3.8, 4) is 11.4 Å². The average Bonchev–Trinajstić information content (AvgIpc) is 3.29. The molecule has 1 aromatic carbocycles. The minimum Gasteiger partial charge on any atom is -0.454 e. The summed E-state index contributed by atoms with van der Waals surface area (Å²) < 4.78 is 6.41. The smallest absolute Gasteiger partial charge is 0.330 e. The molecule has 0 atom stereocenters. The lowest BCUT2D eigenvalue weighted by molar-refractivity contribution is -0.149. The van der Waals surface area contributed by atoms with Crippen LogP contribution >= 0.6 is 0 Å². The van der Waals surface area contributed by atoms with Gasteiger partial charge in [0.05, 0.1) is 0 Å². The van der Waals surface area contributed by atoms with Crippen molar-refractivity contribution in [3.63, 3.8) is 0 Å². The van der Waals surface area contributed by atoms with Gasteiger partial charge in [-0.2, -0.15) is 4.80 Å². The fourth-order valence-corrected chi connectivity index (χ4v) is 2.36. The third kappa shape index (κ3) is 4.67. The van der Waals surface area contributed by atoms with Gasteiger partial charge in [0.1, 0.15) is 5.69 Å². The van der Waals surface area contributed by atoms with E-state index in [1.807, 2.05) is 31.2 Å². The average molecular weight is 382 g/mol. The van der Waals surface area contributed by atoms with Crippen LogP contribution in [0.25, 0.3) is 11.4 Å². The Labute approximate surface area is 160 Å². The number of aromatic nitrogens is 5. The Morgan fingerprint density at radius 2 is 1.89 bits per heavy atom. The first-order valence-electron chi connectivity index (χ1n) is 8.38. The molecule has 2 heterocycles. The molecule has 0 saturated heterocycles. The van der Waals surface area contributed by atoms with Crippen LogP contribution < -0.4 is 5.32 Å². The molecule has 0 saturated carbocycles. The molecule has 0 aliphatic rings. The Kier molecular flexibility index (Phi) is 5.58. The Morgan fingerprint density at radius 3 is 2.57 bits per heavy atom. The number of hydrogen-bond donors (Lipinski definition) is 1. The number of nitrogens with zero attached hydrogens (tertiary/aromatic N) is 5. The van der Waals surface area contributed by atoms with E-state index in [0.717, 1.165) is 15.9 Å². The maximum atomic E-state index is 11.9. The number of nitrogens with one attached hydrogen (secondary N) is 1. The molecule has 1 N–H and O–H groups in total. The monoisotopic (exact) mass is 382 g/mol. The predicted molar refractivity (Wildman–Crippen MR) is 96.8 cm³/mol. The molecule has 0 bridgehead atoms. The summed E-state index contributed by atoms with van der Waals surface area (Å²) in [5, 5.41) is 13.9. The van der Waals surface area contributed by atoms with Gasteiger partial charge >= 0.3 is 5.97 Å². The molecule has 0 radical (unpaired) electrons. The summed E-state index contributed by atoms with van der Waals surface area (Å²) in [6.07, 6.45) is 1.68. The third-order valence-electron chi connectivity index (χ3n) is 3.83. The number of imide groups is 1. The Morgan fingerprint density at radius 1 is 1.14 bits per heavy atom. The van der Waals surface area contributed by atoms with Crippen molar-refractivity contribution in [2.75, 3.05) is 6.61 Å². The predicted octanol–water partition coefficient (Wildman–Crippen LogP) is 0.487. The summed E-state index contributed by atoms with van der Waals surface area (Å²) in [6, 6.07) is 10.8. The summed E-state index contributed by atoms with van der Waals surface area (Å²) in [7, 11) is 1.68. The highest BCUT2D eigenvalue weighted by Crippen LogP contribution is 2.13. The molecule has 3 aromatic rings. The van der Waals surface area contributed by atoms with E-state index in [2.05, 4.69) is 20.7 Å². The zero-order valence-electron chi connectivity index (χ0n) is 15.3. The number of hydrogen-bond acceptors (Lipinski definition) is 7. The van der Waals surface area contributed by atoms with Gasteiger partial charge in [-0.05, 0) is 24.3 Å². The number of ether oxygens (including phenoxy) is 1. The Bertz CT molecular complexity index is 1010. The van der Waals surface area contributed by atoms with Crippen LogP contribution in [0, 0.1) is 6.92 Å². The molecule has 0 aliphatic carbocycles. The van der Waals surface area contributed by atoms with E-state index in [-0.39, 0.29) is 6.54 Å². The van der Waals surface area contributed by atoms with Gasteiger partial charge in [-0.1, -0.05) is 29.8 Å². The molecule has 28 heavy (non-hydrogen) atoms. The first kappa shape index (κ1) is 19.0. The molecule has 2 aromatic heterocycles. The number of carbonyl (C=O) groups is 3. The second-order valence-electron chi connectivity index (χ2n) is 6.05. The van der Waals surface area contributed by atoms with Crippen LogP contribution in [0.4, 0.5) is 0 Å². The minimum absolute atomic E-state index is 0.308. The van der Waals surface area contributed by atoms with E-state index in [0.29, 0.717) is 11.5 Å². The molecular formula is C18H18N6O4. The van der Waals surface area contributed by atoms with Crippen LogP contribution in [0.1, 0.15) is 16.1 Å². The molecule has 0 unspecified atom stereocenters. The summed E-state index contributed by atoms with van der Waals surface area (Å²) in [6.45, 7) is 1.07. The molecule has 2 amide bonds. The van der Waals surface area contributed by atoms with Gasteiger partial charge in [-0.15, -0.1) is 10.2 Å². The van der Waals surface area contributed by atoms with Crippen LogP contribution in [-0.2, 0) is 27.9 Å². The van der Waals surface area contributed by atoms with E-state index in [1.165, 1.54) is 0 Å². The first-order valence-corrected chi connectivity index (χ1v) is 8.38. The van der Waals surface area contributed by atoms with E-state index in [4.69, 9.17) is 4.74 Å². The second kappa shape index (κ2) is 8.25. The van der Waals surface area contributed by atoms with E-state index < -0.39 is 24.4 Å². The Hall–Kier alpha value is -3.82. The zero-order chi connectivity index (χ0) is 20.1. The topological polar surface area (TPSA) is 121 Å². The summed E-state index contributed by atoms with van der Waals surface area (Å²) in [5.41, 5.74) is 2.18. The van der Waals surface area contributed by atoms with E-state index in [9.17, 15) is 14.4 Å². The maximum Gasteiger partial charge on any atom is 0.330 e. The largest absolute Gasteiger partial charge is 0.454 e. The molecule has 144 valence electrons. The Balaban J connectivity index is 1.48. The molecule has 0 spiro atoms. The van der Waals surface area contributed by atoms with Gasteiger partial charge in [-0.3, -0.25) is 14.9 Å². The molecular weight excluding hydrogens is 364 g/mol. The lowest BCUT2D eigenvalue weighted by Gasteiger charge is -2.06. The van der Waals surface area contributed by atoms with Crippen LogP contribution in [0.3, 0.4) is 0 Å². The quantitative estimate of drug-likeness (QED) is 0.616. The van der Waals surface area contributed by atoms with Gasteiger partial charge in [-0.25, -0.2) is 4.79 Å². The lowest BCUT2D eigenvalue weighted by Crippen LogP contribution is -2.35. The molecule has 3 rings (SSSR count). The van der Waals surface area contributed by atoms with Crippen LogP contribution in [0.5, 0.6) is 0 Å². The van der Waals surface area contributed by atoms with Gasteiger partial charge in [0.25, 0.3) is 11.8 Å². The van der Waals surface area contributed by atoms with Crippen LogP contribution in [0.2, 0.25) is 0 Å². The number of tetrazole rings is 1. The number of aryl methyl sites for hydroxylation is 2. The fraction of sp³-hybridized carbons (Fsp3) is 0.222. The normalized spacial score (nSPS) is 10.5. The van der Waals surface area contributed by atoms with Crippen molar-refractivity contribution in [3.05, 3.63) is 53.9 Å². The number of rotatable bonds is 6. The zero-order valence-corrected chi connectivity index (χ0v) is 15.3. The van der Waals surface area contributed by atoms with Crippen molar-refractivity contribution in [1.82, 2.24) is 30.1 Å². The third-order valence-corrected chi connectivity index (χ3v) is 3.83. The summed E-state index contributed by atoms with van der Waals surface area (Å²) in [5.74, 6) is -1.66. The van der Waals surface area contributed by atoms with Crippen molar-refractivity contribution in [1.29, 1.82) is 0 Å². The molecule has 0 aliphatic heterocycles. The lowest BCUT2D eigenvalue weighted by atomic mass is 10.1. The van der Waals surface area contributed by atoms with Crippen LogP contribution in [0.15, 0.2) is 42.6 Å². The number of esters is 1. The van der Waals surface area contributed by atoms with Crippen molar-refractivity contribution in [2.45, 2.75) is 13.5 Å². The van der Waals surface area contributed by atoms with Crippen molar-refractivity contribution in [2.24, 2.45) is 7.05 Å². The fourth-order valence-electron chi connectivity index (χ4n) is 2.36. The standard InChI is InChI=1S/C18H18N6O4/c1-12-5-7-13(8-6-12)17-20-22-24(21-17)10-16(26)28-11-15(25)19-18(27)14-4-3-9-23(14)2/h3-9H,10-11H2,1-2H3,(H,19,25,27). The molecule has 10 heteroatoms. The minimum atomic E-state index is -0.730. The van der Waals surface area contributed by atoms with Gasteiger partial charge < -0.3 is 9.30 Å². The number of carbonyl (C=O) groups excluding carboxylic acids is 3. The highest BCUT2D eigenvalue weighted by molar-refractivity contribution is 6.04. The van der Waals surface area contributed by atoms with E-state index in [1.54, 1.807) is 29.9 Å². The first-order chi connectivity index (χ1) is 13.4. The van der Waals surface area contributed by atoms with Gasteiger partial charge in [0.2, 0.25) is 5.82 Å². The number of amides is 2. The SMILES string of the molecule is Cc1ccc(-c2nnn(CC(=O)OCC(=O)NC(=O)c3cccn3C)n2)cc1. The highest BCUT2D eigenvalue weighted by Gasteiger charge is 2.15. The summed E-state index contributed by atoms with van der Waals surface area (Å²) in [4.78, 5) is 36.6. The molecule has 10 nitrogen and oxygen atoms in total. The van der Waals surface area contributed by atoms with Crippen molar-refractivity contribution >= 4 is 17.8 Å². The highest BCUT2D eigenvalue weighted by atomic mass is 16.5. The second-order valence-corrected chi connectivity index (χ2v) is 6.05.